The molecule has 0 atom stereocenters. The molecule has 0 aliphatic rings. The van der Waals surface area contributed by atoms with Crippen LogP contribution in [0.5, 0.6) is 0 Å². The molecule has 68 valence electrons. The average Bonchev–Trinajstić information content (AvgIpc) is 2.42. The maximum Gasteiger partial charge on any atom is 0.0940 e. The summed E-state index contributed by atoms with van der Waals surface area (Å²) in [5, 5.41) is 2.14. The summed E-state index contributed by atoms with van der Waals surface area (Å²) in [5.74, 6) is 0. The normalized spacial score (nSPS) is 11.0. The van der Waals surface area contributed by atoms with Crippen molar-refractivity contribution in [3.8, 4) is 0 Å². The lowest BCUT2D eigenvalue weighted by atomic mass is 10.2. The summed E-state index contributed by atoms with van der Waals surface area (Å²) in [4.78, 5) is 0. The number of hydrogen-bond donors (Lipinski definition) is 0. The summed E-state index contributed by atoms with van der Waals surface area (Å²) in [6.07, 6.45) is 0. The summed E-state index contributed by atoms with van der Waals surface area (Å²) in [7, 11) is 0. The van der Waals surface area contributed by atoms with E-state index in [9.17, 15) is 0 Å². The van der Waals surface area contributed by atoms with Gasteiger partial charge in [-0.15, -0.1) is 11.3 Å². The molecule has 0 saturated carbocycles. The lowest BCUT2D eigenvalue weighted by Gasteiger charge is -1.99. The highest BCUT2D eigenvalue weighted by Gasteiger charge is 2.04. The number of alkyl halides is 1. The maximum absolute atomic E-state index is 5.94. The van der Waals surface area contributed by atoms with Crippen LogP contribution in [0.2, 0.25) is 4.34 Å². The molecule has 2 aromatic rings. The summed E-state index contributed by atoms with van der Waals surface area (Å²) < 4.78 is 3.41. The van der Waals surface area contributed by atoms with Crippen LogP contribution in [0, 0.1) is 3.57 Å². The topological polar surface area (TPSA) is 0 Å². The molecule has 0 bridgehead atoms. The third-order valence-electron chi connectivity index (χ3n) is 1.80. The fourth-order valence-corrected chi connectivity index (χ4v) is 4.21. The first-order valence-corrected chi connectivity index (χ1v) is 7.03. The highest BCUT2D eigenvalue weighted by molar-refractivity contribution is 14.1. The van der Waals surface area contributed by atoms with Gasteiger partial charge in [0.1, 0.15) is 0 Å². The van der Waals surface area contributed by atoms with Gasteiger partial charge in [-0.25, -0.2) is 0 Å². The van der Waals surface area contributed by atoms with Gasteiger partial charge in [-0.1, -0.05) is 27.5 Å². The average molecular weight is 387 g/mol. The Hall–Kier alpha value is 0.680. The largest absolute Gasteiger partial charge is 0.123 e. The third kappa shape index (κ3) is 2.03. The van der Waals surface area contributed by atoms with Gasteiger partial charge in [0.15, 0.2) is 0 Å². The Labute approximate surface area is 108 Å². The molecule has 0 N–H and O–H groups in total. The van der Waals surface area contributed by atoms with Gasteiger partial charge >= 0.3 is 0 Å². The van der Waals surface area contributed by atoms with E-state index in [1.165, 1.54) is 19.2 Å². The van der Waals surface area contributed by atoms with E-state index in [0.29, 0.717) is 0 Å². The van der Waals surface area contributed by atoms with E-state index in [2.05, 4.69) is 50.7 Å². The van der Waals surface area contributed by atoms with Crippen LogP contribution < -0.4 is 0 Å². The molecule has 1 aromatic carbocycles. The second-order valence-corrected chi connectivity index (χ2v) is 6.10. The van der Waals surface area contributed by atoms with E-state index in [4.69, 9.17) is 11.6 Å². The zero-order valence-electron chi connectivity index (χ0n) is 6.48. The van der Waals surface area contributed by atoms with Crippen molar-refractivity contribution in [2.45, 2.75) is 5.33 Å². The highest BCUT2D eigenvalue weighted by atomic mass is 127. The van der Waals surface area contributed by atoms with Gasteiger partial charge in [-0.3, -0.25) is 0 Å². The SMILES string of the molecule is Clc1cc2cc(CBr)c(I)cc2s1. The monoisotopic (exact) mass is 386 g/mol. The molecule has 1 aromatic heterocycles. The summed E-state index contributed by atoms with van der Waals surface area (Å²) >= 11 is 13.4. The van der Waals surface area contributed by atoms with Gasteiger partial charge in [0.05, 0.1) is 4.34 Å². The van der Waals surface area contributed by atoms with Crippen LogP contribution in [-0.4, -0.2) is 0 Å². The number of rotatable bonds is 1. The zero-order chi connectivity index (χ0) is 9.42. The number of hydrogen-bond acceptors (Lipinski definition) is 1. The molecule has 0 radical (unpaired) electrons. The van der Waals surface area contributed by atoms with Crippen molar-refractivity contribution in [3.05, 3.63) is 31.7 Å². The minimum Gasteiger partial charge on any atom is -0.123 e. The molecule has 0 unspecified atom stereocenters. The first-order chi connectivity index (χ1) is 6.20. The maximum atomic E-state index is 5.94. The molecule has 2 rings (SSSR count). The molecular formula is C9H5BrClIS. The summed E-state index contributed by atoms with van der Waals surface area (Å²) in [5.41, 5.74) is 1.32. The lowest BCUT2D eigenvalue weighted by molar-refractivity contribution is 1.43. The Morgan fingerprint density at radius 2 is 2.15 bits per heavy atom. The van der Waals surface area contributed by atoms with Crippen LogP contribution in [0.4, 0.5) is 0 Å². The molecule has 1 heterocycles. The first kappa shape index (κ1) is 10.2. The Morgan fingerprint density at radius 1 is 1.38 bits per heavy atom. The zero-order valence-corrected chi connectivity index (χ0v) is 11.8. The lowest BCUT2D eigenvalue weighted by Crippen LogP contribution is -1.81. The van der Waals surface area contributed by atoms with Crippen LogP contribution >= 0.6 is 61.5 Å². The van der Waals surface area contributed by atoms with Crippen LogP contribution in [0.25, 0.3) is 10.1 Å². The van der Waals surface area contributed by atoms with Gasteiger partial charge in [0.2, 0.25) is 0 Å². The van der Waals surface area contributed by atoms with Crippen molar-refractivity contribution in [1.82, 2.24) is 0 Å². The molecule has 0 amide bonds. The molecular weight excluding hydrogens is 382 g/mol. The van der Waals surface area contributed by atoms with Crippen LogP contribution in [-0.2, 0) is 5.33 Å². The number of thiophene rings is 1. The van der Waals surface area contributed by atoms with Crippen LogP contribution in [0.1, 0.15) is 5.56 Å². The molecule has 13 heavy (non-hydrogen) atoms. The minimum absolute atomic E-state index is 0.859. The Balaban J connectivity index is 2.72. The Bertz CT molecular complexity index is 452. The fraction of sp³-hybridized carbons (Fsp3) is 0.111. The second-order valence-electron chi connectivity index (χ2n) is 2.67. The molecule has 0 nitrogen and oxygen atoms in total. The molecule has 0 fully saturated rings. The van der Waals surface area contributed by atoms with Crippen molar-refractivity contribution in [2.75, 3.05) is 0 Å². The first-order valence-electron chi connectivity index (χ1n) is 3.64. The van der Waals surface area contributed by atoms with E-state index >= 15 is 0 Å². The Kier molecular flexibility index (Phi) is 3.18. The highest BCUT2D eigenvalue weighted by Crippen LogP contribution is 2.32. The van der Waals surface area contributed by atoms with Gasteiger partial charge in [0, 0.05) is 13.6 Å². The van der Waals surface area contributed by atoms with E-state index in [1.807, 2.05) is 6.07 Å². The van der Waals surface area contributed by atoms with Crippen molar-refractivity contribution in [3.63, 3.8) is 0 Å². The van der Waals surface area contributed by atoms with Crippen molar-refractivity contribution in [2.24, 2.45) is 0 Å². The fourth-order valence-electron chi connectivity index (χ4n) is 1.18. The molecule has 0 saturated heterocycles. The predicted octanol–water partition coefficient (Wildman–Crippen LogP) is 5.05. The smallest absolute Gasteiger partial charge is 0.0940 e. The summed E-state index contributed by atoms with van der Waals surface area (Å²) in [6, 6.07) is 6.39. The standard InChI is InChI=1S/C9H5BrClIS/c10-4-6-1-5-2-9(11)13-8(5)3-7(6)12/h1-3H,4H2. The quantitative estimate of drug-likeness (QED) is 0.474. The van der Waals surface area contributed by atoms with Crippen molar-refractivity contribution >= 4 is 71.5 Å². The third-order valence-corrected chi connectivity index (χ3v) is 4.63. The molecule has 0 spiro atoms. The number of fused-ring (bicyclic) bond motifs is 1. The minimum atomic E-state index is 0.859. The van der Waals surface area contributed by atoms with E-state index in [-0.39, 0.29) is 0 Å². The molecule has 4 heteroatoms. The molecule has 0 aliphatic heterocycles. The number of halogens is 3. The van der Waals surface area contributed by atoms with Crippen LogP contribution in [0.3, 0.4) is 0 Å². The number of benzene rings is 1. The summed E-state index contributed by atoms with van der Waals surface area (Å²) in [6.45, 7) is 0. The van der Waals surface area contributed by atoms with Crippen molar-refractivity contribution in [1.29, 1.82) is 0 Å². The predicted molar refractivity (Wildman–Crippen MR) is 72.2 cm³/mol. The van der Waals surface area contributed by atoms with Gasteiger partial charge in [0.25, 0.3) is 0 Å². The van der Waals surface area contributed by atoms with Crippen LogP contribution in [0.15, 0.2) is 18.2 Å². The second kappa shape index (κ2) is 4.04. The molecule has 0 aliphatic carbocycles. The van der Waals surface area contributed by atoms with Gasteiger partial charge in [-0.2, -0.15) is 0 Å². The van der Waals surface area contributed by atoms with Gasteiger partial charge < -0.3 is 0 Å². The van der Waals surface area contributed by atoms with Gasteiger partial charge in [-0.05, 0) is 51.7 Å². The van der Waals surface area contributed by atoms with E-state index in [1.54, 1.807) is 11.3 Å². The Morgan fingerprint density at radius 3 is 2.85 bits per heavy atom. The van der Waals surface area contributed by atoms with E-state index in [0.717, 1.165) is 9.67 Å². The van der Waals surface area contributed by atoms with Crippen molar-refractivity contribution < 1.29 is 0 Å². The van der Waals surface area contributed by atoms with E-state index < -0.39 is 0 Å².